The maximum Gasteiger partial charge on any atom is 0.126 e. The van der Waals surface area contributed by atoms with E-state index in [4.69, 9.17) is 5.73 Å². The number of rotatable bonds is 4. The third kappa shape index (κ3) is 3.61. The minimum Gasteiger partial charge on any atom is -0.370 e. The molecule has 2 aromatic carbocycles. The number of nitrogens with two attached hydrogens (primary N) is 1. The van der Waals surface area contributed by atoms with Crippen LogP contribution in [-0.2, 0) is 6.54 Å². The van der Waals surface area contributed by atoms with Crippen molar-refractivity contribution in [3.63, 3.8) is 0 Å². The number of aryl methyl sites for hydroxylation is 2. The number of hydrogen-bond donors (Lipinski definition) is 1. The van der Waals surface area contributed by atoms with Crippen molar-refractivity contribution < 1.29 is 4.39 Å². The molecule has 2 rings (SSSR count). The average molecular weight is 286 g/mol. The summed E-state index contributed by atoms with van der Waals surface area (Å²) in [7, 11) is 2.01. The largest absolute Gasteiger partial charge is 0.370 e. The van der Waals surface area contributed by atoms with E-state index < -0.39 is 0 Å². The highest BCUT2D eigenvalue weighted by Gasteiger charge is 2.14. The molecule has 3 heteroatoms. The third-order valence-electron chi connectivity index (χ3n) is 3.75. The molecule has 0 saturated carbocycles. The van der Waals surface area contributed by atoms with Crippen molar-refractivity contribution in [1.29, 1.82) is 0 Å². The van der Waals surface area contributed by atoms with Gasteiger partial charge in [-0.2, -0.15) is 0 Å². The molecule has 21 heavy (non-hydrogen) atoms. The van der Waals surface area contributed by atoms with Gasteiger partial charge < -0.3 is 10.6 Å². The van der Waals surface area contributed by atoms with Crippen LogP contribution in [0.15, 0.2) is 36.4 Å². The third-order valence-corrected chi connectivity index (χ3v) is 3.75. The maximum absolute atomic E-state index is 13.8. The molecule has 0 aromatic heterocycles. The van der Waals surface area contributed by atoms with Gasteiger partial charge in [-0.25, -0.2) is 4.39 Å². The van der Waals surface area contributed by atoms with E-state index in [0.29, 0.717) is 5.56 Å². The number of hydrogen-bond acceptors (Lipinski definition) is 2. The molecule has 2 nitrogen and oxygen atoms in total. The Bertz CT molecular complexity index is 618. The minimum atomic E-state index is -0.199. The van der Waals surface area contributed by atoms with Crippen molar-refractivity contribution >= 4 is 5.69 Å². The van der Waals surface area contributed by atoms with Crippen LogP contribution in [0, 0.1) is 19.7 Å². The lowest BCUT2D eigenvalue weighted by Gasteiger charge is -2.25. The van der Waals surface area contributed by atoms with Crippen molar-refractivity contribution in [2.24, 2.45) is 5.73 Å². The SMILES string of the molecule is Cc1ccc(CN(C)c2cc(C)c(F)cc2[C@H](C)N)cc1. The fourth-order valence-corrected chi connectivity index (χ4v) is 2.43. The highest BCUT2D eigenvalue weighted by atomic mass is 19.1. The summed E-state index contributed by atoms with van der Waals surface area (Å²) in [4.78, 5) is 2.12. The molecule has 0 aliphatic rings. The number of anilines is 1. The molecule has 2 N–H and O–H groups in total. The van der Waals surface area contributed by atoms with Crippen molar-refractivity contribution in [1.82, 2.24) is 0 Å². The van der Waals surface area contributed by atoms with Gasteiger partial charge in [-0.1, -0.05) is 29.8 Å². The van der Waals surface area contributed by atoms with E-state index in [9.17, 15) is 4.39 Å². The number of nitrogens with zero attached hydrogens (tertiary/aromatic N) is 1. The lowest BCUT2D eigenvalue weighted by molar-refractivity contribution is 0.612. The van der Waals surface area contributed by atoms with Crippen molar-refractivity contribution in [2.75, 3.05) is 11.9 Å². The number of halogens is 1. The smallest absolute Gasteiger partial charge is 0.126 e. The van der Waals surface area contributed by atoms with Crippen LogP contribution < -0.4 is 10.6 Å². The molecule has 0 aliphatic carbocycles. The summed E-state index contributed by atoms with van der Waals surface area (Å²) < 4.78 is 13.8. The standard InChI is InChI=1S/C18H23FN2/c1-12-5-7-15(8-6-12)11-21(4)18-9-13(2)17(19)10-16(18)14(3)20/h5-10,14H,11,20H2,1-4H3/t14-/m0/s1. The van der Waals surface area contributed by atoms with Gasteiger partial charge in [-0.15, -0.1) is 0 Å². The zero-order valence-corrected chi connectivity index (χ0v) is 13.2. The van der Waals surface area contributed by atoms with E-state index >= 15 is 0 Å². The molecule has 0 saturated heterocycles. The Morgan fingerprint density at radius 3 is 2.33 bits per heavy atom. The Kier molecular flexibility index (Phi) is 4.63. The van der Waals surface area contributed by atoms with Gasteiger partial charge in [0.1, 0.15) is 5.82 Å². The summed E-state index contributed by atoms with van der Waals surface area (Å²) in [6.07, 6.45) is 0. The van der Waals surface area contributed by atoms with Crippen LogP contribution in [0.5, 0.6) is 0 Å². The first-order valence-electron chi connectivity index (χ1n) is 7.21. The molecule has 1 atom stereocenters. The van der Waals surface area contributed by atoms with Crippen LogP contribution >= 0.6 is 0 Å². The lowest BCUT2D eigenvalue weighted by atomic mass is 10.0. The first-order valence-corrected chi connectivity index (χ1v) is 7.21. The Morgan fingerprint density at radius 2 is 1.76 bits per heavy atom. The van der Waals surface area contributed by atoms with Crippen LogP contribution in [-0.4, -0.2) is 7.05 Å². The van der Waals surface area contributed by atoms with Crippen LogP contribution in [0.25, 0.3) is 0 Å². The normalized spacial score (nSPS) is 12.3. The molecule has 112 valence electrons. The molecule has 0 spiro atoms. The zero-order valence-electron chi connectivity index (χ0n) is 13.2. The average Bonchev–Trinajstić information content (AvgIpc) is 2.43. The molecule has 0 bridgehead atoms. The first-order chi connectivity index (χ1) is 9.88. The van der Waals surface area contributed by atoms with E-state index in [-0.39, 0.29) is 11.9 Å². The van der Waals surface area contributed by atoms with Gasteiger partial charge in [0.15, 0.2) is 0 Å². The molecule has 0 unspecified atom stereocenters. The summed E-state index contributed by atoms with van der Waals surface area (Å²) in [5.74, 6) is -0.199. The van der Waals surface area contributed by atoms with Gasteiger partial charge in [0.05, 0.1) is 0 Å². The highest BCUT2D eigenvalue weighted by Crippen LogP contribution is 2.28. The summed E-state index contributed by atoms with van der Waals surface area (Å²) >= 11 is 0. The predicted molar refractivity (Wildman–Crippen MR) is 87.0 cm³/mol. The fourth-order valence-electron chi connectivity index (χ4n) is 2.43. The van der Waals surface area contributed by atoms with E-state index in [0.717, 1.165) is 17.8 Å². The van der Waals surface area contributed by atoms with E-state index in [1.54, 1.807) is 13.0 Å². The Morgan fingerprint density at radius 1 is 1.14 bits per heavy atom. The first kappa shape index (κ1) is 15.5. The summed E-state index contributed by atoms with van der Waals surface area (Å²) in [6, 6.07) is 11.7. The molecule has 0 fully saturated rings. The topological polar surface area (TPSA) is 29.3 Å². The van der Waals surface area contributed by atoms with Gasteiger partial charge in [0.25, 0.3) is 0 Å². The lowest BCUT2D eigenvalue weighted by Crippen LogP contribution is -2.20. The molecule has 2 aromatic rings. The zero-order chi connectivity index (χ0) is 15.6. The van der Waals surface area contributed by atoms with E-state index in [2.05, 4.69) is 36.1 Å². The van der Waals surface area contributed by atoms with Gasteiger partial charge in [0.2, 0.25) is 0 Å². The van der Waals surface area contributed by atoms with Gasteiger partial charge >= 0.3 is 0 Å². The molecule has 0 aliphatic heterocycles. The second-order valence-electron chi connectivity index (χ2n) is 5.79. The maximum atomic E-state index is 13.8. The van der Waals surface area contributed by atoms with E-state index in [1.807, 2.05) is 20.0 Å². The molecular formula is C18H23FN2. The second kappa shape index (κ2) is 6.27. The molecule has 0 amide bonds. The predicted octanol–water partition coefficient (Wildman–Crippen LogP) is 4.10. The molecular weight excluding hydrogens is 263 g/mol. The van der Waals surface area contributed by atoms with Crippen LogP contribution in [0.4, 0.5) is 10.1 Å². The van der Waals surface area contributed by atoms with Crippen LogP contribution in [0.1, 0.15) is 35.2 Å². The van der Waals surface area contributed by atoms with Crippen molar-refractivity contribution in [3.05, 3.63) is 64.5 Å². The van der Waals surface area contributed by atoms with Crippen molar-refractivity contribution in [2.45, 2.75) is 33.4 Å². The quantitative estimate of drug-likeness (QED) is 0.917. The monoisotopic (exact) mass is 286 g/mol. The van der Waals surface area contributed by atoms with Gasteiger partial charge in [-0.3, -0.25) is 0 Å². The van der Waals surface area contributed by atoms with Crippen molar-refractivity contribution in [3.8, 4) is 0 Å². The second-order valence-corrected chi connectivity index (χ2v) is 5.79. The number of benzene rings is 2. The van der Waals surface area contributed by atoms with Crippen LogP contribution in [0.2, 0.25) is 0 Å². The Hall–Kier alpha value is -1.87. The van der Waals surface area contributed by atoms with Gasteiger partial charge in [-0.05, 0) is 49.6 Å². The summed E-state index contributed by atoms with van der Waals surface area (Å²) in [5, 5.41) is 0. The Labute approximate surface area is 126 Å². The summed E-state index contributed by atoms with van der Waals surface area (Å²) in [5.41, 5.74) is 10.9. The van der Waals surface area contributed by atoms with Crippen LogP contribution in [0.3, 0.4) is 0 Å². The summed E-state index contributed by atoms with van der Waals surface area (Å²) in [6.45, 7) is 6.51. The van der Waals surface area contributed by atoms with E-state index in [1.165, 1.54) is 11.1 Å². The molecule has 0 radical (unpaired) electrons. The Balaban J connectivity index is 2.31. The highest BCUT2D eigenvalue weighted by molar-refractivity contribution is 5.57. The fraction of sp³-hybridized carbons (Fsp3) is 0.333. The minimum absolute atomic E-state index is 0.199. The molecule has 0 heterocycles. The van der Waals surface area contributed by atoms with Gasteiger partial charge in [0, 0.05) is 25.3 Å².